The average molecular weight is 403 g/mol. The largest absolute Gasteiger partial charge is 0.472 e. The quantitative estimate of drug-likeness (QED) is 0.704. The molecule has 2 aromatic heterocycles. The molecule has 3 heterocycles. The summed E-state index contributed by atoms with van der Waals surface area (Å²) in [5, 5.41) is 3.21. The van der Waals surface area contributed by atoms with Gasteiger partial charge in [-0.15, -0.1) is 0 Å². The molecule has 0 saturated carbocycles. The molecule has 4 rings (SSSR count). The predicted molar refractivity (Wildman–Crippen MR) is 113 cm³/mol. The topological polar surface area (TPSA) is 75.4 Å². The van der Waals surface area contributed by atoms with E-state index in [1.54, 1.807) is 17.2 Å². The maximum absolute atomic E-state index is 13.1. The van der Waals surface area contributed by atoms with Crippen LogP contribution in [0.4, 0.5) is 0 Å². The fourth-order valence-corrected chi connectivity index (χ4v) is 3.94. The molecule has 0 aliphatic carbocycles. The second-order valence-corrected chi connectivity index (χ2v) is 7.63. The van der Waals surface area contributed by atoms with Gasteiger partial charge in [0.25, 0.3) is 5.91 Å². The Morgan fingerprint density at radius 3 is 2.53 bits per heavy atom. The standard InChI is InChI=1S/C24H25N3O3/c1-17-6-2-3-7-20(17)22(21-8-4-5-12-25-21)26-23(28)18-9-13-27(14-10-18)24(29)19-11-15-30-16-19/h2-8,11-12,15-16,18,22H,9-10,13-14H2,1H3,(H,26,28). The summed E-state index contributed by atoms with van der Waals surface area (Å²) in [5.74, 6) is -0.174. The van der Waals surface area contributed by atoms with E-state index in [0.29, 0.717) is 31.5 Å². The Balaban J connectivity index is 1.45. The lowest BCUT2D eigenvalue weighted by Crippen LogP contribution is -2.44. The number of benzene rings is 1. The van der Waals surface area contributed by atoms with Crippen molar-refractivity contribution in [3.8, 4) is 0 Å². The van der Waals surface area contributed by atoms with E-state index in [1.165, 1.54) is 12.5 Å². The third-order valence-corrected chi connectivity index (χ3v) is 5.69. The van der Waals surface area contributed by atoms with Gasteiger partial charge < -0.3 is 14.6 Å². The van der Waals surface area contributed by atoms with Crippen LogP contribution in [0, 0.1) is 12.8 Å². The lowest BCUT2D eigenvalue weighted by Gasteiger charge is -2.32. The summed E-state index contributed by atoms with van der Waals surface area (Å²) in [4.78, 5) is 31.9. The molecular weight excluding hydrogens is 378 g/mol. The minimum absolute atomic E-state index is 0.00400. The molecule has 1 unspecified atom stereocenters. The first-order valence-electron chi connectivity index (χ1n) is 10.2. The van der Waals surface area contributed by atoms with E-state index in [2.05, 4.69) is 10.3 Å². The molecule has 0 spiro atoms. The minimum atomic E-state index is -0.300. The first kappa shape index (κ1) is 19.9. The van der Waals surface area contributed by atoms with Gasteiger partial charge in [0.1, 0.15) is 6.26 Å². The van der Waals surface area contributed by atoms with Crippen LogP contribution in [0.15, 0.2) is 71.7 Å². The number of rotatable bonds is 5. The minimum Gasteiger partial charge on any atom is -0.472 e. The van der Waals surface area contributed by atoms with Gasteiger partial charge in [-0.3, -0.25) is 14.6 Å². The van der Waals surface area contributed by atoms with Crippen LogP contribution < -0.4 is 5.32 Å². The van der Waals surface area contributed by atoms with Gasteiger partial charge in [-0.2, -0.15) is 0 Å². The van der Waals surface area contributed by atoms with E-state index in [9.17, 15) is 9.59 Å². The molecule has 1 saturated heterocycles. The summed E-state index contributed by atoms with van der Waals surface area (Å²) in [6.45, 7) is 3.15. The van der Waals surface area contributed by atoms with Crippen molar-refractivity contribution in [3.05, 3.63) is 89.6 Å². The van der Waals surface area contributed by atoms with E-state index in [-0.39, 0.29) is 23.8 Å². The molecule has 3 aromatic rings. The van der Waals surface area contributed by atoms with Crippen molar-refractivity contribution in [2.24, 2.45) is 5.92 Å². The number of hydrogen-bond acceptors (Lipinski definition) is 4. The SMILES string of the molecule is Cc1ccccc1C(NC(=O)C1CCN(C(=O)c2ccoc2)CC1)c1ccccn1. The highest BCUT2D eigenvalue weighted by Crippen LogP contribution is 2.26. The second kappa shape index (κ2) is 8.95. The fraction of sp³-hybridized carbons (Fsp3) is 0.292. The number of furan rings is 1. The summed E-state index contributed by atoms with van der Waals surface area (Å²) in [5.41, 5.74) is 3.51. The Bertz CT molecular complexity index is 994. The number of pyridine rings is 1. The Hall–Kier alpha value is -3.41. The molecule has 6 nitrogen and oxygen atoms in total. The fourth-order valence-electron chi connectivity index (χ4n) is 3.94. The van der Waals surface area contributed by atoms with E-state index in [4.69, 9.17) is 4.42 Å². The van der Waals surface area contributed by atoms with Crippen molar-refractivity contribution in [2.45, 2.75) is 25.8 Å². The highest BCUT2D eigenvalue weighted by atomic mass is 16.3. The number of amides is 2. The number of hydrogen-bond donors (Lipinski definition) is 1. The number of aromatic nitrogens is 1. The maximum Gasteiger partial charge on any atom is 0.257 e. The molecule has 30 heavy (non-hydrogen) atoms. The normalized spacial score (nSPS) is 15.6. The third kappa shape index (κ3) is 4.27. The molecule has 1 aliphatic heterocycles. The first-order valence-corrected chi connectivity index (χ1v) is 10.2. The molecule has 1 aromatic carbocycles. The highest BCUT2D eigenvalue weighted by Gasteiger charge is 2.30. The Kier molecular flexibility index (Phi) is 5.93. The Labute approximate surface area is 175 Å². The molecule has 1 atom stereocenters. The van der Waals surface area contributed by atoms with Crippen molar-refractivity contribution in [1.29, 1.82) is 0 Å². The van der Waals surface area contributed by atoms with Gasteiger partial charge in [0.05, 0.1) is 23.6 Å². The van der Waals surface area contributed by atoms with Crippen LogP contribution in [0.3, 0.4) is 0 Å². The number of piperidine rings is 1. The number of carbonyl (C=O) groups excluding carboxylic acids is 2. The van der Waals surface area contributed by atoms with Crippen molar-refractivity contribution < 1.29 is 14.0 Å². The van der Waals surface area contributed by atoms with E-state index < -0.39 is 0 Å². The molecule has 154 valence electrons. The van der Waals surface area contributed by atoms with Crippen LogP contribution in [0.5, 0.6) is 0 Å². The third-order valence-electron chi connectivity index (χ3n) is 5.69. The maximum atomic E-state index is 13.1. The van der Waals surface area contributed by atoms with Crippen LogP contribution in [0.1, 0.15) is 46.1 Å². The number of carbonyl (C=O) groups is 2. The van der Waals surface area contributed by atoms with Gasteiger partial charge in [0.15, 0.2) is 0 Å². The number of aryl methyl sites for hydroxylation is 1. The van der Waals surface area contributed by atoms with E-state index in [1.807, 2.05) is 49.4 Å². The lowest BCUT2D eigenvalue weighted by atomic mass is 9.93. The smallest absolute Gasteiger partial charge is 0.257 e. The zero-order valence-electron chi connectivity index (χ0n) is 17.0. The zero-order chi connectivity index (χ0) is 20.9. The molecule has 1 fully saturated rings. The van der Waals surface area contributed by atoms with Gasteiger partial charge in [-0.1, -0.05) is 30.3 Å². The van der Waals surface area contributed by atoms with Crippen molar-refractivity contribution >= 4 is 11.8 Å². The van der Waals surface area contributed by atoms with Crippen LogP contribution in [0.25, 0.3) is 0 Å². The van der Waals surface area contributed by atoms with Crippen molar-refractivity contribution in [1.82, 2.24) is 15.2 Å². The molecule has 0 bridgehead atoms. The number of nitrogens with one attached hydrogen (secondary N) is 1. The average Bonchev–Trinajstić information content (AvgIpc) is 3.33. The van der Waals surface area contributed by atoms with Gasteiger partial charge in [-0.25, -0.2) is 0 Å². The van der Waals surface area contributed by atoms with Crippen LogP contribution in [-0.4, -0.2) is 34.8 Å². The van der Waals surface area contributed by atoms with Gasteiger partial charge in [0.2, 0.25) is 5.91 Å². The Morgan fingerprint density at radius 1 is 1.10 bits per heavy atom. The van der Waals surface area contributed by atoms with Gasteiger partial charge in [0, 0.05) is 25.2 Å². The first-order chi connectivity index (χ1) is 14.6. The van der Waals surface area contributed by atoms with Gasteiger partial charge >= 0.3 is 0 Å². The molecule has 2 amide bonds. The summed E-state index contributed by atoms with van der Waals surface area (Å²) < 4.78 is 5.01. The Morgan fingerprint density at radius 2 is 1.87 bits per heavy atom. The summed E-state index contributed by atoms with van der Waals surface area (Å²) in [6.07, 6.45) is 5.97. The van der Waals surface area contributed by atoms with Crippen LogP contribution in [-0.2, 0) is 4.79 Å². The van der Waals surface area contributed by atoms with E-state index >= 15 is 0 Å². The van der Waals surface area contributed by atoms with Gasteiger partial charge in [-0.05, 0) is 49.1 Å². The zero-order valence-corrected chi connectivity index (χ0v) is 17.0. The molecular formula is C24H25N3O3. The molecule has 1 aliphatic rings. The summed E-state index contributed by atoms with van der Waals surface area (Å²) >= 11 is 0. The highest BCUT2D eigenvalue weighted by molar-refractivity contribution is 5.94. The number of nitrogens with zero attached hydrogens (tertiary/aromatic N) is 2. The molecule has 0 radical (unpaired) electrons. The second-order valence-electron chi connectivity index (χ2n) is 7.63. The summed E-state index contributed by atoms with van der Waals surface area (Å²) in [7, 11) is 0. The monoisotopic (exact) mass is 403 g/mol. The van der Waals surface area contributed by atoms with Crippen molar-refractivity contribution in [2.75, 3.05) is 13.1 Å². The van der Waals surface area contributed by atoms with E-state index in [0.717, 1.165) is 16.8 Å². The molecule has 6 heteroatoms. The van der Waals surface area contributed by atoms with Crippen LogP contribution in [0.2, 0.25) is 0 Å². The summed E-state index contributed by atoms with van der Waals surface area (Å²) in [6, 6.07) is 15.1. The molecule has 1 N–H and O–H groups in total. The number of likely N-dealkylation sites (tertiary alicyclic amines) is 1. The van der Waals surface area contributed by atoms with Crippen molar-refractivity contribution in [3.63, 3.8) is 0 Å². The van der Waals surface area contributed by atoms with Crippen LogP contribution >= 0.6 is 0 Å². The lowest BCUT2D eigenvalue weighted by molar-refractivity contribution is -0.126. The predicted octanol–water partition coefficient (Wildman–Crippen LogP) is 3.74.